The molecule has 0 aromatic heterocycles. The standard InChI is InChI=1S/C17H17ClN2O3S2/c1-11-10-24-16-7-6-14(8-15(16)20-17(11)21)25(22,23)19-9-12-2-4-13(18)5-3-12/h2-8,11,19H,9-10H2,1H3,(H,20,21)/t11-/m0/s1. The molecule has 0 saturated heterocycles. The minimum atomic E-state index is -3.69. The average molecular weight is 397 g/mol. The van der Waals surface area contributed by atoms with Crippen LogP contribution in [0.3, 0.4) is 0 Å². The number of thioether (sulfide) groups is 1. The van der Waals surface area contributed by atoms with E-state index in [-0.39, 0.29) is 23.3 Å². The molecule has 0 bridgehead atoms. The Labute approximate surface area is 156 Å². The van der Waals surface area contributed by atoms with E-state index >= 15 is 0 Å². The fourth-order valence-electron chi connectivity index (χ4n) is 2.31. The van der Waals surface area contributed by atoms with Crippen molar-refractivity contribution in [3.8, 4) is 0 Å². The van der Waals surface area contributed by atoms with Crippen LogP contribution in [0.5, 0.6) is 0 Å². The molecule has 1 atom stereocenters. The summed E-state index contributed by atoms with van der Waals surface area (Å²) in [7, 11) is -3.69. The van der Waals surface area contributed by atoms with Gasteiger partial charge in [-0.15, -0.1) is 11.8 Å². The molecule has 1 aliphatic rings. The van der Waals surface area contributed by atoms with E-state index < -0.39 is 10.0 Å². The Morgan fingerprint density at radius 1 is 1.24 bits per heavy atom. The van der Waals surface area contributed by atoms with Gasteiger partial charge in [-0.1, -0.05) is 30.7 Å². The number of sulfonamides is 1. The molecule has 2 N–H and O–H groups in total. The smallest absolute Gasteiger partial charge is 0.240 e. The monoisotopic (exact) mass is 396 g/mol. The molecule has 5 nitrogen and oxygen atoms in total. The van der Waals surface area contributed by atoms with Gasteiger partial charge in [0.2, 0.25) is 15.9 Å². The second-order valence-electron chi connectivity index (χ2n) is 5.81. The molecule has 0 fully saturated rings. The minimum absolute atomic E-state index is 0.102. The third-order valence-electron chi connectivity index (χ3n) is 3.84. The van der Waals surface area contributed by atoms with E-state index in [2.05, 4.69) is 10.0 Å². The summed E-state index contributed by atoms with van der Waals surface area (Å²) in [4.78, 5) is 13.0. The van der Waals surface area contributed by atoms with Crippen LogP contribution in [0.25, 0.3) is 0 Å². The highest BCUT2D eigenvalue weighted by Crippen LogP contribution is 2.34. The fourth-order valence-corrected chi connectivity index (χ4v) is 4.49. The molecule has 25 heavy (non-hydrogen) atoms. The van der Waals surface area contributed by atoms with Gasteiger partial charge in [-0.05, 0) is 35.9 Å². The molecule has 2 aromatic carbocycles. The number of hydrogen-bond acceptors (Lipinski definition) is 4. The second-order valence-corrected chi connectivity index (χ2v) is 9.08. The van der Waals surface area contributed by atoms with Crippen molar-refractivity contribution < 1.29 is 13.2 Å². The maximum absolute atomic E-state index is 12.5. The number of hydrogen-bond donors (Lipinski definition) is 2. The zero-order chi connectivity index (χ0) is 18.0. The molecule has 0 radical (unpaired) electrons. The third-order valence-corrected chi connectivity index (χ3v) is 6.82. The number of carbonyl (C=O) groups is 1. The number of benzene rings is 2. The van der Waals surface area contributed by atoms with Crippen molar-refractivity contribution in [1.82, 2.24) is 4.72 Å². The summed E-state index contributed by atoms with van der Waals surface area (Å²) < 4.78 is 27.6. The lowest BCUT2D eigenvalue weighted by atomic mass is 10.2. The Kier molecular flexibility index (Phi) is 5.38. The van der Waals surface area contributed by atoms with Crippen molar-refractivity contribution in [2.45, 2.75) is 23.3 Å². The first-order chi connectivity index (χ1) is 11.8. The van der Waals surface area contributed by atoms with E-state index in [9.17, 15) is 13.2 Å². The summed E-state index contributed by atoms with van der Waals surface area (Å²) in [6.45, 7) is 2.01. The van der Waals surface area contributed by atoms with Gasteiger partial charge in [0.25, 0.3) is 0 Å². The van der Waals surface area contributed by atoms with Crippen LogP contribution in [-0.4, -0.2) is 20.1 Å². The highest BCUT2D eigenvalue weighted by molar-refractivity contribution is 7.99. The third kappa shape index (κ3) is 4.36. The SMILES string of the molecule is C[C@H]1CSc2ccc(S(=O)(=O)NCc3ccc(Cl)cc3)cc2NC1=O. The Morgan fingerprint density at radius 3 is 2.68 bits per heavy atom. The number of fused-ring (bicyclic) bond motifs is 1. The molecule has 0 aliphatic carbocycles. The number of amides is 1. The van der Waals surface area contributed by atoms with Crippen molar-refractivity contribution in [3.63, 3.8) is 0 Å². The Hall–Kier alpha value is -1.54. The van der Waals surface area contributed by atoms with Crippen LogP contribution in [-0.2, 0) is 21.4 Å². The van der Waals surface area contributed by atoms with Gasteiger partial charge in [0.15, 0.2) is 0 Å². The van der Waals surface area contributed by atoms with Crippen molar-refractivity contribution >= 4 is 45.0 Å². The Balaban J connectivity index is 1.79. The van der Waals surface area contributed by atoms with Gasteiger partial charge < -0.3 is 5.32 Å². The summed E-state index contributed by atoms with van der Waals surface area (Å²) in [5.74, 6) is 0.440. The number of rotatable bonds is 4. The van der Waals surface area contributed by atoms with E-state index in [1.807, 2.05) is 6.92 Å². The highest BCUT2D eigenvalue weighted by Gasteiger charge is 2.22. The van der Waals surface area contributed by atoms with Gasteiger partial charge in [-0.25, -0.2) is 13.1 Å². The van der Waals surface area contributed by atoms with Crippen LogP contribution < -0.4 is 10.0 Å². The van der Waals surface area contributed by atoms with E-state index in [1.54, 1.807) is 48.2 Å². The molecule has 1 amide bonds. The van der Waals surface area contributed by atoms with Crippen LogP contribution in [0.15, 0.2) is 52.3 Å². The zero-order valence-electron chi connectivity index (χ0n) is 13.5. The summed E-state index contributed by atoms with van der Waals surface area (Å²) in [5.41, 5.74) is 1.34. The van der Waals surface area contributed by atoms with E-state index in [0.717, 1.165) is 10.5 Å². The van der Waals surface area contributed by atoms with Gasteiger partial charge in [-0.3, -0.25) is 4.79 Å². The van der Waals surface area contributed by atoms with Gasteiger partial charge in [0, 0.05) is 28.1 Å². The molecule has 132 valence electrons. The number of nitrogens with one attached hydrogen (secondary N) is 2. The van der Waals surface area contributed by atoms with Crippen molar-refractivity contribution in [2.75, 3.05) is 11.1 Å². The molecule has 0 saturated carbocycles. The molecular weight excluding hydrogens is 380 g/mol. The lowest BCUT2D eigenvalue weighted by molar-refractivity contribution is -0.118. The van der Waals surface area contributed by atoms with E-state index in [4.69, 9.17) is 11.6 Å². The molecule has 8 heteroatoms. The average Bonchev–Trinajstić information content (AvgIpc) is 2.73. The van der Waals surface area contributed by atoms with Gasteiger partial charge in [-0.2, -0.15) is 0 Å². The number of carbonyl (C=O) groups excluding carboxylic acids is 1. The summed E-state index contributed by atoms with van der Waals surface area (Å²) in [5, 5.41) is 3.40. The van der Waals surface area contributed by atoms with Crippen molar-refractivity contribution in [3.05, 3.63) is 53.1 Å². The molecule has 3 rings (SSSR count). The van der Waals surface area contributed by atoms with Crippen molar-refractivity contribution in [2.24, 2.45) is 5.92 Å². The predicted molar refractivity (Wildman–Crippen MR) is 100 cm³/mol. The van der Waals surface area contributed by atoms with E-state index in [1.165, 1.54) is 6.07 Å². The maximum atomic E-state index is 12.5. The van der Waals surface area contributed by atoms with Crippen LogP contribution in [0.4, 0.5) is 5.69 Å². The molecular formula is C17H17ClN2O3S2. The zero-order valence-corrected chi connectivity index (χ0v) is 15.8. The summed E-state index contributed by atoms with van der Waals surface area (Å²) in [6, 6.07) is 11.7. The topological polar surface area (TPSA) is 75.3 Å². The number of anilines is 1. The lowest BCUT2D eigenvalue weighted by Gasteiger charge is -2.11. The summed E-state index contributed by atoms with van der Waals surface area (Å²) >= 11 is 7.37. The first-order valence-corrected chi connectivity index (χ1v) is 10.5. The van der Waals surface area contributed by atoms with E-state index in [0.29, 0.717) is 16.5 Å². The molecule has 0 spiro atoms. The molecule has 2 aromatic rings. The summed E-state index contributed by atoms with van der Waals surface area (Å²) in [6.07, 6.45) is 0. The first kappa shape index (κ1) is 18.3. The first-order valence-electron chi connectivity index (χ1n) is 7.67. The second kappa shape index (κ2) is 7.37. The largest absolute Gasteiger partial charge is 0.325 e. The predicted octanol–water partition coefficient (Wildman–Crippen LogP) is 3.50. The molecule has 1 heterocycles. The Bertz CT molecular complexity index is 899. The van der Waals surface area contributed by atoms with Gasteiger partial charge in [0.1, 0.15) is 0 Å². The minimum Gasteiger partial charge on any atom is -0.325 e. The van der Waals surface area contributed by atoms with Crippen LogP contribution in [0, 0.1) is 5.92 Å². The van der Waals surface area contributed by atoms with Crippen LogP contribution in [0.1, 0.15) is 12.5 Å². The van der Waals surface area contributed by atoms with Gasteiger partial charge >= 0.3 is 0 Å². The molecule has 0 unspecified atom stereocenters. The maximum Gasteiger partial charge on any atom is 0.240 e. The number of halogens is 1. The van der Waals surface area contributed by atoms with Crippen LogP contribution in [0.2, 0.25) is 5.02 Å². The van der Waals surface area contributed by atoms with Crippen LogP contribution >= 0.6 is 23.4 Å². The Morgan fingerprint density at radius 2 is 1.96 bits per heavy atom. The molecule has 1 aliphatic heterocycles. The lowest BCUT2D eigenvalue weighted by Crippen LogP contribution is -2.24. The van der Waals surface area contributed by atoms with Gasteiger partial charge in [0.05, 0.1) is 10.6 Å². The quantitative estimate of drug-likeness (QED) is 0.829. The highest BCUT2D eigenvalue weighted by atomic mass is 35.5. The fraction of sp³-hybridized carbons (Fsp3) is 0.235. The normalized spacial score (nSPS) is 17.5. The van der Waals surface area contributed by atoms with Crippen molar-refractivity contribution in [1.29, 1.82) is 0 Å².